The van der Waals surface area contributed by atoms with Crippen molar-refractivity contribution in [2.45, 2.75) is 17.9 Å². The molecule has 0 bridgehead atoms. The molecule has 20 heavy (non-hydrogen) atoms. The average Bonchev–Trinajstić information content (AvgIpc) is 2.48. The van der Waals surface area contributed by atoms with Crippen molar-refractivity contribution in [1.29, 1.82) is 0 Å². The van der Waals surface area contributed by atoms with Gasteiger partial charge >= 0.3 is 0 Å². The van der Waals surface area contributed by atoms with Crippen LogP contribution in [0.25, 0.3) is 0 Å². The molecule has 2 aromatic rings. The van der Waals surface area contributed by atoms with E-state index in [0.29, 0.717) is 11.8 Å². The van der Waals surface area contributed by atoms with Gasteiger partial charge in [0, 0.05) is 17.5 Å². The topological polar surface area (TPSA) is 35.2 Å². The zero-order chi connectivity index (χ0) is 14.4. The van der Waals surface area contributed by atoms with Gasteiger partial charge in [-0.05, 0) is 30.2 Å². The number of hydrogen-bond acceptors (Lipinski definition) is 3. The molecule has 0 spiro atoms. The first-order chi connectivity index (χ1) is 9.72. The fourth-order valence-electron chi connectivity index (χ4n) is 2.14. The monoisotopic (exact) mass is 287 g/mol. The van der Waals surface area contributed by atoms with Crippen LogP contribution in [-0.4, -0.2) is 13.7 Å². The van der Waals surface area contributed by atoms with Gasteiger partial charge in [0.1, 0.15) is 5.75 Å². The third-order valence-electron chi connectivity index (χ3n) is 3.21. The number of thioether (sulfide) groups is 1. The van der Waals surface area contributed by atoms with Gasteiger partial charge in [-0.2, -0.15) is 0 Å². The van der Waals surface area contributed by atoms with E-state index in [0.717, 1.165) is 11.5 Å². The van der Waals surface area contributed by atoms with E-state index in [1.54, 1.807) is 7.11 Å². The molecular formula is C17H21NOS. The van der Waals surface area contributed by atoms with Crippen molar-refractivity contribution < 1.29 is 4.74 Å². The first-order valence-electron chi connectivity index (χ1n) is 6.74. The van der Waals surface area contributed by atoms with Crippen LogP contribution in [0, 0.1) is 6.92 Å². The van der Waals surface area contributed by atoms with E-state index in [4.69, 9.17) is 10.5 Å². The van der Waals surface area contributed by atoms with Crippen molar-refractivity contribution >= 4 is 11.8 Å². The molecule has 0 fully saturated rings. The van der Waals surface area contributed by atoms with Gasteiger partial charge in [-0.1, -0.05) is 42.0 Å². The van der Waals surface area contributed by atoms with Crippen LogP contribution in [0.2, 0.25) is 0 Å². The maximum absolute atomic E-state index is 5.93. The van der Waals surface area contributed by atoms with Gasteiger partial charge in [0.05, 0.1) is 7.11 Å². The molecule has 0 radical (unpaired) electrons. The fraction of sp³-hybridized carbons (Fsp3) is 0.294. The lowest BCUT2D eigenvalue weighted by Crippen LogP contribution is -2.09. The highest BCUT2D eigenvalue weighted by atomic mass is 32.2. The summed E-state index contributed by atoms with van der Waals surface area (Å²) < 4.78 is 5.28. The molecule has 0 aliphatic rings. The third kappa shape index (κ3) is 4.02. The summed E-state index contributed by atoms with van der Waals surface area (Å²) in [5, 5.41) is 0.297. The SMILES string of the molecule is COc1cccc(C(CN)SCc2cccc(C)c2)c1. The fourth-order valence-corrected chi connectivity index (χ4v) is 3.19. The number of nitrogens with two attached hydrogens (primary N) is 1. The van der Waals surface area contributed by atoms with Crippen LogP contribution in [0.3, 0.4) is 0 Å². The predicted octanol–water partition coefficient (Wildman–Crippen LogP) is 3.94. The highest BCUT2D eigenvalue weighted by Gasteiger charge is 2.11. The molecule has 0 aliphatic heterocycles. The van der Waals surface area contributed by atoms with Crippen molar-refractivity contribution in [2.75, 3.05) is 13.7 Å². The van der Waals surface area contributed by atoms with E-state index in [1.165, 1.54) is 16.7 Å². The highest BCUT2D eigenvalue weighted by molar-refractivity contribution is 7.98. The number of ether oxygens (including phenoxy) is 1. The molecule has 2 nitrogen and oxygen atoms in total. The van der Waals surface area contributed by atoms with Gasteiger partial charge in [-0.3, -0.25) is 0 Å². The Balaban J connectivity index is 2.05. The summed E-state index contributed by atoms with van der Waals surface area (Å²) in [5.74, 6) is 1.86. The summed E-state index contributed by atoms with van der Waals surface area (Å²) in [6.45, 7) is 2.75. The quantitative estimate of drug-likeness (QED) is 0.874. The molecular weight excluding hydrogens is 266 g/mol. The van der Waals surface area contributed by atoms with Crippen LogP contribution in [0.15, 0.2) is 48.5 Å². The van der Waals surface area contributed by atoms with Crippen LogP contribution >= 0.6 is 11.8 Å². The second-order valence-corrected chi connectivity index (χ2v) is 5.99. The van der Waals surface area contributed by atoms with Gasteiger partial charge in [0.25, 0.3) is 0 Å². The van der Waals surface area contributed by atoms with Gasteiger partial charge in [-0.15, -0.1) is 11.8 Å². The van der Waals surface area contributed by atoms with Crippen LogP contribution in [0.4, 0.5) is 0 Å². The third-order valence-corrected chi connectivity index (χ3v) is 4.58. The number of hydrogen-bond donors (Lipinski definition) is 1. The Morgan fingerprint density at radius 1 is 1.15 bits per heavy atom. The molecule has 0 heterocycles. The van der Waals surface area contributed by atoms with Crippen molar-refractivity contribution in [2.24, 2.45) is 5.73 Å². The number of rotatable bonds is 6. The Morgan fingerprint density at radius 2 is 1.95 bits per heavy atom. The van der Waals surface area contributed by atoms with E-state index in [-0.39, 0.29) is 0 Å². The van der Waals surface area contributed by atoms with Crippen molar-refractivity contribution in [3.8, 4) is 5.75 Å². The minimum atomic E-state index is 0.297. The lowest BCUT2D eigenvalue weighted by Gasteiger charge is -2.16. The lowest BCUT2D eigenvalue weighted by atomic mass is 10.1. The Labute approximate surface area is 125 Å². The van der Waals surface area contributed by atoms with E-state index < -0.39 is 0 Å². The normalized spacial score (nSPS) is 12.2. The van der Waals surface area contributed by atoms with Crippen molar-refractivity contribution in [1.82, 2.24) is 0 Å². The number of methoxy groups -OCH3 is 1. The highest BCUT2D eigenvalue weighted by Crippen LogP contribution is 2.32. The summed E-state index contributed by atoms with van der Waals surface area (Å²) in [6, 6.07) is 16.8. The van der Waals surface area contributed by atoms with Crippen molar-refractivity contribution in [3.63, 3.8) is 0 Å². The van der Waals surface area contributed by atoms with Gasteiger partial charge in [-0.25, -0.2) is 0 Å². The Kier molecular flexibility index (Phi) is 5.50. The number of benzene rings is 2. The van der Waals surface area contributed by atoms with E-state index in [9.17, 15) is 0 Å². The summed E-state index contributed by atoms with van der Waals surface area (Å²) >= 11 is 1.88. The maximum Gasteiger partial charge on any atom is 0.119 e. The molecule has 2 N–H and O–H groups in total. The smallest absolute Gasteiger partial charge is 0.119 e. The molecule has 0 amide bonds. The minimum absolute atomic E-state index is 0.297. The van der Waals surface area contributed by atoms with Crippen LogP contribution < -0.4 is 10.5 Å². The standard InChI is InChI=1S/C17H21NOS/c1-13-5-3-6-14(9-13)12-20-17(11-18)15-7-4-8-16(10-15)19-2/h3-10,17H,11-12,18H2,1-2H3. The van der Waals surface area contributed by atoms with E-state index >= 15 is 0 Å². The van der Waals surface area contributed by atoms with Gasteiger partial charge < -0.3 is 10.5 Å². The Hall–Kier alpha value is -1.45. The van der Waals surface area contributed by atoms with Gasteiger partial charge in [0.15, 0.2) is 0 Å². The molecule has 1 unspecified atom stereocenters. The first-order valence-corrected chi connectivity index (χ1v) is 7.79. The zero-order valence-corrected chi connectivity index (χ0v) is 12.8. The summed E-state index contributed by atoms with van der Waals surface area (Å²) in [5.41, 5.74) is 9.80. The average molecular weight is 287 g/mol. The summed E-state index contributed by atoms with van der Waals surface area (Å²) in [6.07, 6.45) is 0. The molecule has 0 aliphatic carbocycles. The predicted molar refractivity (Wildman–Crippen MR) is 87.3 cm³/mol. The largest absolute Gasteiger partial charge is 0.497 e. The van der Waals surface area contributed by atoms with Crippen LogP contribution in [0.5, 0.6) is 5.75 Å². The van der Waals surface area contributed by atoms with Crippen LogP contribution in [-0.2, 0) is 5.75 Å². The van der Waals surface area contributed by atoms with Crippen LogP contribution in [0.1, 0.15) is 21.9 Å². The second kappa shape index (κ2) is 7.36. The molecule has 1 atom stereocenters. The molecule has 3 heteroatoms. The second-order valence-electron chi connectivity index (χ2n) is 4.80. The maximum atomic E-state index is 5.93. The molecule has 106 valence electrons. The summed E-state index contributed by atoms with van der Waals surface area (Å²) in [4.78, 5) is 0. The van der Waals surface area contributed by atoms with E-state index in [1.807, 2.05) is 23.9 Å². The molecule has 0 saturated heterocycles. The first kappa shape index (κ1) is 14.9. The molecule has 2 rings (SSSR count). The zero-order valence-electron chi connectivity index (χ0n) is 12.0. The summed E-state index contributed by atoms with van der Waals surface area (Å²) in [7, 11) is 1.69. The number of aryl methyl sites for hydroxylation is 1. The molecule has 0 saturated carbocycles. The van der Waals surface area contributed by atoms with Gasteiger partial charge in [0.2, 0.25) is 0 Å². The van der Waals surface area contributed by atoms with Crippen molar-refractivity contribution in [3.05, 3.63) is 65.2 Å². The Bertz CT molecular complexity index is 556. The van der Waals surface area contributed by atoms with E-state index in [2.05, 4.69) is 43.3 Å². The lowest BCUT2D eigenvalue weighted by molar-refractivity contribution is 0.414. The molecule has 0 aromatic heterocycles. The minimum Gasteiger partial charge on any atom is -0.497 e. The molecule has 2 aromatic carbocycles. The Morgan fingerprint density at radius 3 is 2.65 bits per heavy atom.